The van der Waals surface area contributed by atoms with Crippen LogP contribution in [0, 0.1) is 0 Å². The summed E-state index contributed by atoms with van der Waals surface area (Å²) in [4.78, 5) is 10.9. The molecular weight excluding hydrogens is 326 g/mol. The van der Waals surface area contributed by atoms with Crippen LogP contribution in [-0.4, -0.2) is 30.7 Å². The molecule has 1 heterocycles. The van der Waals surface area contributed by atoms with Crippen LogP contribution in [0.3, 0.4) is 0 Å². The van der Waals surface area contributed by atoms with E-state index in [0.29, 0.717) is 12.5 Å². The molecule has 0 spiro atoms. The van der Waals surface area contributed by atoms with Crippen molar-refractivity contribution in [2.45, 2.75) is 13.5 Å². The second kappa shape index (κ2) is 8.34. The van der Waals surface area contributed by atoms with Crippen LogP contribution in [0.2, 0.25) is 0 Å². The van der Waals surface area contributed by atoms with Crippen molar-refractivity contribution in [3.63, 3.8) is 0 Å². The van der Waals surface area contributed by atoms with E-state index in [2.05, 4.69) is 58.3 Å². The van der Waals surface area contributed by atoms with Crippen molar-refractivity contribution in [3.8, 4) is 22.9 Å². The third-order valence-electron chi connectivity index (χ3n) is 4.09. The summed E-state index contributed by atoms with van der Waals surface area (Å²) in [7, 11) is 3.76. The zero-order valence-electron chi connectivity index (χ0n) is 15.3. The fraction of sp³-hybridized carbons (Fsp3) is 0.238. The van der Waals surface area contributed by atoms with E-state index >= 15 is 0 Å². The van der Waals surface area contributed by atoms with E-state index < -0.39 is 0 Å². The lowest BCUT2D eigenvalue weighted by atomic mass is 10.1. The SMILES string of the molecule is CCOc1cncc(-c2ccc(N(C)Cc3ccc(OC)cc3)cc2)n1. The molecule has 0 amide bonds. The number of benzene rings is 2. The van der Waals surface area contributed by atoms with Crippen LogP contribution in [0.4, 0.5) is 5.69 Å². The Morgan fingerprint density at radius 2 is 1.69 bits per heavy atom. The largest absolute Gasteiger partial charge is 0.497 e. The van der Waals surface area contributed by atoms with Gasteiger partial charge in [0.25, 0.3) is 0 Å². The molecule has 0 radical (unpaired) electrons. The van der Waals surface area contributed by atoms with Crippen molar-refractivity contribution < 1.29 is 9.47 Å². The predicted octanol–water partition coefficient (Wildman–Crippen LogP) is 4.19. The molecule has 2 aromatic carbocycles. The maximum atomic E-state index is 5.42. The summed E-state index contributed by atoms with van der Waals surface area (Å²) in [6.45, 7) is 3.33. The smallest absolute Gasteiger partial charge is 0.232 e. The second-order valence-corrected chi connectivity index (χ2v) is 5.93. The van der Waals surface area contributed by atoms with Crippen LogP contribution in [0.15, 0.2) is 60.9 Å². The molecule has 0 atom stereocenters. The second-order valence-electron chi connectivity index (χ2n) is 5.93. The molecule has 0 saturated heterocycles. The number of rotatable bonds is 7. The Balaban J connectivity index is 1.71. The van der Waals surface area contributed by atoms with Crippen LogP contribution in [0.1, 0.15) is 12.5 Å². The Kier molecular flexibility index (Phi) is 5.69. The average molecular weight is 349 g/mol. The van der Waals surface area contributed by atoms with E-state index in [4.69, 9.17) is 9.47 Å². The summed E-state index contributed by atoms with van der Waals surface area (Å²) in [6, 6.07) is 16.4. The Labute approximate surface area is 154 Å². The summed E-state index contributed by atoms with van der Waals surface area (Å²) in [6.07, 6.45) is 3.38. The zero-order chi connectivity index (χ0) is 18.4. The topological polar surface area (TPSA) is 47.5 Å². The van der Waals surface area contributed by atoms with E-state index in [1.165, 1.54) is 5.56 Å². The molecule has 0 fully saturated rings. The molecule has 0 saturated carbocycles. The quantitative estimate of drug-likeness (QED) is 0.640. The molecule has 0 N–H and O–H groups in total. The van der Waals surface area contributed by atoms with Gasteiger partial charge < -0.3 is 14.4 Å². The van der Waals surface area contributed by atoms with Gasteiger partial charge >= 0.3 is 0 Å². The summed E-state index contributed by atoms with van der Waals surface area (Å²) in [5.41, 5.74) is 4.19. The van der Waals surface area contributed by atoms with Gasteiger partial charge in [-0.2, -0.15) is 0 Å². The van der Waals surface area contributed by atoms with Gasteiger partial charge in [0, 0.05) is 24.8 Å². The Morgan fingerprint density at radius 3 is 2.35 bits per heavy atom. The lowest BCUT2D eigenvalue weighted by Crippen LogP contribution is -2.16. The Morgan fingerprint density at radius 1 is 0.962 bits per heavy atom. The van der Waals surface area contributed by atoms with Gasteiger partial charge in [0.1, 0.15) is 5.75 Å². The molecule has 3 rings (SSSR count). The van der Waals surface area contributed by atoms with Crippen molar-refractivity contribution in [1.29, 1.82) is 0 Å². The van der Waals surface area contributed by atoms with Gasteiger partial charge in [0.15, 0.2) is 0 Å². The third kappa shape index (κ3) is 4.30. The summed E-state index contributed by atoms with van der Waals surface area (Å²) >= 11 is 0. The molecule has 134 valence electrons. The molecule has 26 heavy (non-hydrogen) atoms. The molecule has 3 aromatic rings. The minimum Gasteiger partial charge on any atom is -0.497 e. The predicted molar refractivity (Wildman–Crippen MR) is 104 cm³/mol. The molecule has 0 aliphatic rings. The summed E-state index contributed by atoms with van der Waals surface area (Å²) in [5.74, 6) is 1.42. The zero-order valence-corrected chi connectivity index (χ0v) is 15.3. The molecule has 0 aliphatic carbocycles. The number of nitrogens with zero attached hydrogens (tertiary/aromatic N) is 3. The first kappa shape index (κ1) is 17.7. The first-order chi connectivity index (χ1) is 12.7. The lowest BCUT2D eigenvalue weighted by molar-refractivity contribution is 0.325. The standard InChI is InChI=1S/C21H23N3O2/c1-4-26-21-14-22-13-20(23-21)17-7-9-18(10-8-17)24(2)15-16-5-11-19(25-3)12-6-16/h5-14H,4,15H2,1-3H3. The van der Waals surface area contributed by atoms with Crippen molar-refractivity contribution in [2.24, 2.45) is 0 Å². The van der Waals surface area contributed by atoms with Crippen molar-refractivity contribution in [2.75, 3.05) is 25.7 Å². The highest BCUT2D eigenvalue weighted by atomic mass is 16.5. The fourth-order valence-electron chi connectivity index (χ4n) is 2.69. The maximum absolute atomic E-state index is 5.42. The highest BCUT2D eigenvalue weighted by Gasteiger charge is 2.06. The van der Waals surface area contributed by atoms with Crippen LogP contribution in [0.25, 0.3) is 11.3 Å². The van der Waals surface area contributed by atoms with Gasteiger partial charge in [-0.1, -0.05) is 24.3 Å². The molecule has 0 aliphatic heterocycles. The van der Waals surface area contributed by atoms with E-state index in [0.717, 1.165) is 29.2 Å². The molecule has 0 unspecified atom stereocenters. The number of anilines is 1. The van der Waals surface area contributed by atoms with E-state index in [1.54, 1.807) is 19.5 Å². The fourth-order valence-corrected chi connectivity index (χ4v) is 2.69. The highest BCUT2D eigenvalue weighted by Crippen LogP contribution is 2.23. The number of hydrogen-bond acceptors (Lipinski definition) is 5. The van der Waals surface area contributed by atoms with E-state index in [-0.39, 0.29) is 0 Å². The van der Waals surface area contributed by atoms with Crippen LogP contribution in [0.5, 0.6) is 11.6 Å². The van der Waals surface area contributed by atoms with Crippen LogP contribution in [-0.2, 0) is 6.54 Å². The monoisotopic (exact) mass is 349 g/mol. The third-order valence-corrected chi connectivity index (χ3v) is 4.09. The summed E-state index contributed by atoms with van der Waals surface area (Å²) < 4.78 is 10.6. The normalized spacial score (nSPS) is 10.4. The van der Waals surface area contributed by atoms with Gasteiger partial charge in [0.05, 0.1) is 31.8 Å². The Bertz CT molecular complexity index is 833. The van der Waals surface area contributed by atoms with E-state index in [9.17, 15) is 0 Å². The number of hydrogen-bond donors (Lipinski definition) is 0. The van der Waals surface area contributed by atoms with Crippen LogP contribution >= 0.6 is 0 Å². The van der Waals surface area contributed by atoms with Gasteiger partial charge in [-0.05, 0) is 36.8 Å². The number of methoxy groups -OCH3 is 1. The summed E-state index contributed by atoms with van der Waals surface area (Å²) in [5, 5.41) is 0. The highest BCUT2D eigenvalue weighted by molar-refractivity contribution is 5.62. The van der Waals surface area contributed by atoms with Gasteiger partial charge in [-0.15, -0.1) is 0 Å². The van der Waals surface area contributed by atoms with Crippen molar-refractivity contribution in [1.82, 2.24) is 9.97 Å². The number of aromatic nitrogens is 2. The minimum absolute atomic E-state index is 0.547. The van der Waals surface area contributed by atoms with Gasteiger partial charge in [-0.3, -0.25) is 4.98 Å². The maximum Gasteiger partial charge on any atom is 0.232 e. The Hall–Kier alpha value is -3.08. The molecule has 5 heteroatoms. The average Bonchev–Trinajstić information content (AvgIpc) is 2.69. The van der Waals surface area contributed by atoms with Crippen LogP contribution < -0.4 is 14.4 Å². The van der Waals surface area contributed by atoms with E-state index in [1.807, 2.05) is 19.1 Å². The van der Waals surface area contributed by atoms with Crippen molar-refractivity contribution >= 4 is 5.69 Å². The lowest BCUT2D eigenvalue weighted by Gasteiger charge is -2.20. The minimum atomic E-state index is 0.547. The van der Waals surface area contributed by atoms with Gasteiger partial charge in [-0.25, -0.2) is 4.98 Å². The molecule has 1 aromatic heterocycles. The van der Waals surface area contributed by atoms with Crippen molar-refractivity contribution in [3.05, 3.63) is 66.5 Å². The molecule has 5 nitrogen and oxygen atoms in total. The van der Waals surface area contributed by atoms with Gasteiger partial charge in [0.2, 0.25) is 5.88 Å². The first-order valence-electron chi connectivity index (χ1n) is 8.59. The number of ether oxygens (including phenoxy) is 2. The molecular formula is C21H23N3O2. The first-order valence-corrected chi connectivity index (χ1v) is 8.59. The molecule has 0 bridgehead atoms.